The molecule has 0 spiro atoms. The lowest BCUT2D eigenvalue weighted by Gasteiger charge is -2.41. The summed E-state index contributed by atoms with van der Waals surface area (Å²) in [5.74, 6) is 5.12. The predicted octanol–water partition coefficient (Wildman–Crippen LogP) is 6.13. The quantitative estimate of drug-likeness (QED) is 0.575. The maximum atomic E-state index is 2.43. The van der Waals surface area contributed by atoms with Gasteiger partial charge in [-0.3, -0.25) is 0 Å². The molecule has 0 amide bonds. The van der Waals surface area contributed by atoms with Gasteiger partial charge >= 0.3 is 13.7 Å². The minimum atomic E-state index is 0.268. The highest BCUT2D eigenvalue weighted by Crippen LogP contribution is 2.40. The Labute approximate surface area is 185 Å². The molecule has 4 aliphatic rings. The molecule has 2 nitrogen and oxygen atoms in total. The minimum absolute atomic E-state index is 0.268. The SMILES string of the molecule is CCC(C1=CC=CN2B1C=Cc1ccccc12)C1=CC=CN2B1C=Cc1ccccc12. The second kappa shape index (κ2) is 7.39. The molecule has 0 unspecified atom stereocenters. The second-order valence-electron chi connectivity index (χ2n) is 8.52. The van der Waals surface area contributed by atoms with E-state index in [-0.39, 0.29) is 13.7 Å². The van der Waals surface area contributed by atoms with Crippen molar-refractivity contribution in [2.24, 2.45) is 5.92 Å². The van der Waals surface area contributed by atoms with Gasteiger partial charge in [-0.2, -0.15) is 0 Å². The lowest BCUT2D eigenvalue weighted by Crippen LogP contribution is -2.46. The van der Waals surface area contributed by atoms with Crippen LogP contribution in [0.4, 0.5) is 11.4 Å². The highest BCUT2D eigenvalue weighted by molar-refractivity contribution is 6.80. The molecule has 0 N–H and O–H groups in total. The van der Waals surface area contributed by atoms with Crippen LogP contribution in [0.2, 0.25) is 0 Å². The number of fused-ring (bicyclic) bond motifs is 6. The highest BCUT2D eigenvalue weighted by Gasteiger charge is 2.39. The molecule has 31 heavy (non-hydrogen) atoms. The van der Waals surface area contributed by atoms with Crippen molar-refractivity contribution < 1.29 is 0 Å². The van der Waals surface area contributed by atoms with Gasteiger partial charge in [-0.15, -0.1) is 0 Å². The van der Waals surface area contributed by atoms with E-state index in [1.807, 2.05) is 0 Å². The van der Waals surface area contributed by atoms with E-state index in [1.165, 1.54) is 33.4 Å². The Kier molecular flexibility index (Phi) is 4.38. The molecule has 0 aliphatic carbocycles. The van der Waals surface area contributed by atoms with Gasteiger partial charge in [0.2, 0.25) is 0 Å². The van der Waals surface area contributed by atoms with Crippen molar-refractivity contribution in [3.8, 4) is 0 Å². The van der Waals surface area contributed by atoms with Crippen molar-refractivity contribution >= 4 is 37.2 Å². The summed E-state index contributed by atoms with van der Waals surface area (Å²) >= 11 is 0. The molecule has 6 rings (SSSR count). The lowest BCUT2D eigenvalue weighted by molar-refractivity contribution is 0.734. The van der Waals surface area contributed by atoms with Gasteiger partial charge < -0.3 is 9.62 Å². The molecule has 4 heterocycles. The zero-order chi connectivity index (χ0) is 20.8. The topological polar surface area (TPSA) is 6.48 Å². The summed E-state index contributed by atoms with van der Waals surface area (Å²) in [4.78, 5) is 4.85. The van der Waals surface area contributed by atoms with E-state index < -0.39 is 0 Å². The molecule has 148 valence electrons. The molecule has 0 bridgehead atoms. The van der Waals surface area contributed by atoms with Crippen LogP contribution in [0.1, 0.15) is 24.5 Å². The normalized spacial score (nSPS) is 17.9. The summed E-state index contributed by atoms with van der Waals surface area (Å²) in [7, 11) is 0. The predicted molar refractivity (Wildman–Crippen MR) is 136 cm³/mol. The Hall–Kier alpha value is -3.39. The number of nitrogens with zero attached hydrogens (tertiary/aromatic N) is 2. The molecular formula is C27H24B2N2. The summed E-state index contributed by atoms with van der Waals surface area (Å²) in [5, 5.41) is 0. The smallest absolute Gasteiger partial charge is 0.316 e. The van der Waals surface area contributed by atoms with Gasteiger partial charge in [0.25, 0.3) is 0 Å². The third-order valence-corrected chi connectivity index (χ3v) is 6.91. The van der Waals surface area contributed by atoms with Crippen LogP contribution in [0.15, 0.2) is 108 Å². The van der Waals surface area contributed by atoms with Gasteiger partial charge in [-0.05, 0) is 60.2 Å². The van der Waals surface area contributed by atoms with Crippen LogP contribution in [0.5, 0.6) is 0 Å². The molecule has 0 saturated heterocycles. The Balaban J connectivity index is 1.37. The van der Waals surface area contributed by atoms with Crippen LogP contribution in [0.3, 0.4) is 0 Å². The fraction of sp³-hybridized carbons (Fsp3) is 0.111. The van der Waals surface area contributed by atoms with Gasteiger partial charge in [-0.25, -0.2) is 0 Å². The number of hydrogen-bond acceptors (Lipinski definition) is 2. The van der Waals surface area contributed by atoms with E-state index in [2.05, 4.69) is 126 Å². The minimum Gasteiger partial charge on any atom is -0.383 e. The van der Waals surface area contributed by atoms with E-state index in [0.29, 0.717) is 5.92 Å². The van der Waals surface area contributed by atoms with Crippen molar-refractivity contribution in [2.45, 2.75) is 13.3 Å². The summed E-state index contributed by atoms with van der Waals surface area (Å²) in [6.45, 7) is 2.86. The number of anilines is 2. The Morgan fingerprint density at radius 1 is 0.710 bits per heavy atom. The van der Waals surface area contributed by atoms with Gasteiger partial charge in [0, 0.05) is 11.4 Å². The zero-order valence-corrected chi connectivity index (χ0v) is 17.7. The maximum Gasteiger partial charge on any atom is 0.316 e. The number of benzene rings is 2. The van der Waals surface area contributed by atoms with Crippen LogP contribution in [0.25, 0.3) is 12.2 Å². The standard InChI is InChI=1S/C27H24B2N2/c1-2-23(24-11-7-19-30-26-13-5-3-9-21(26)15-17-28(24)30)25-12-8-20-31-27-14-6-4-10-22(27)16-18-29(25)31/h3-20,23H,2H2,1H3. The van der Waals surface area contributed by atoms with Gasteiger partial charge in [-0.1, -0.05) is 90.5 Å². The van der Waals surface area contributed by atoms with Crippen LogP contribution < -0.4 is 9.62 Å². The zero-order valence-electron chi connectivity index (χ0n) is 17.7. The number of para-hydroxylation sites is 2. The molecule has 0 atom stereocenters. The van der Waals surface area contributed by atoms with E-state index in [9.17, 15) is 0 Å². The lowest BCUT2D eigenvalue weighted by atomic mass is 9.40. The summed E-state index contributed by atoms with van der Waals surface area (Å²) in [6, 6.07) is 17.3. The van der Waals surface area contributed by atoms with Crippen molar-refractivity contribution in [3.63, 3.8) is 0 Å². The van der Waals surface area contributed by atoms with Crippen molar-refractivity contribution in [1.29, 1.82) is 0 Å². The molecule has 0 radical (unpaired) electrons. The Bertz CT molecular complexity index is 1120. The molecule has 0 aromatic heterocycles. The first-order valence-electron chi connectivity index (χ1n) is 11.2. The fourth-order valence-corrected chi connectivity index (χ4v) is 5.49. The molecular weight excluding hydrogens is 374 g/mol. The third-order valence-electron chi connectivity index (χ3n) is 6.91. The first-order valence-corrected chi connectivity index (χ1v) is 11.2. The largest absolute Gasteiger partial charge is 0.383 e. The molecule has 2 aromatic carbocycles. The average Bonchev–Trinajstić information content (AvgIpc) is 2.84. The van der Waals surface area contributed by atoms with E-state index in [4.69, 9.17) is 0 Å². The molecule has 0 saturated carbocycles. The van der Waals surface area contributed by atoms with Crippen molar-refractivity contribution in [1.82, 2.24) is 0 Å². The maximum absolute atomic E-state index is 2.43. The summed E-state index contributed by atoms with van der Waals surface area (Å²) in [5.41, 5.74) is 8.11. The van der Waals surface area contributed by atoms with Crippen molar-refractivity contribution in [2.75, 3.05) is 9.62 Å². The van der Waals surface area contributed by atoms with Crippen LogP contribution in [-0.2, 0) is 0 Å². The van der Waals surface area contributed by atoms with Gasteiger partial charge in [0.15, 0.2) is 0 Å². The first-order chi connectivity index (χ1) is 15.3. The average molecular weight is 398 g/mol. The number of allylic oxidation sites excluding steroid dienone is 6. The first kappa shape index (κ1) is 18.4. The Morgan fingerprint density at radius 3 is 1.68 bits per heavy atom. The number of rotatable bonds is 3. The monoisotopic (exact) mass is 398 g/mol. The fourth-order valence-electron chi connectivity index (χ4n) is 5.49. The van der Waals surface area contributed by atoms with E-state index >= 15 is 0 Å². The Morgan fingerprint density at radius 2 is 1.19 bits per heavy atom. The van der Waals surface area contributed by atoms with Gasteiger partial charge in [0.05, 0.1) is 0 Å². The van der Waals surface area contributed by atoms with E-state index in [0.717, 1.165) is 6.42 Å². The van der Waals surface area contributed by atoms with Gasteiger partial charge in [0.1, 0.15) is 0 Å². The summed E-state index contributed by atoms with van der Waals surface area (Å²) < 4.78 is 0. The molecule has 2 aromatic rings. The molecule has 4 heteroatoms. The molecule has 4 aliphatic heterocycles. The second-order valence-corrected chi connectivity index (χ2v) is 8.52. The molecule has 0 fully saturated rings. The summed E-state index contributed by atoms with van der Waals surface area (Å²) in [6.07, 6.45) is 19.2. The van der Waals surface area contributed by atoms with Crippen LogP contribution in [-0.4, -0.2) is 13.7 Å². The van der Waals surface area contributed by atoms with Crippen LogP contribution in [0, 0.1) is 5.92 Å². The van der Waals surface area contributed by atoms with E-state index in [1.54, 1.807) is 0 Å². The number of hydrogen-bond donors (Lipinski definition) is 0. The highest BCUT2D eigenvalue weighted by atomic mass is 15.1. The third kappa shape index (κ3) is 2.90. The van der Waals surface area contributed by atoms with Crippen molar-refractivity contribution in [3.05, 3.63) is 119 Å². The van der Waals surface area contributed by atoms with Crippen LogP contribution >= 0.6 is 0 Å².